The zero-order valence-corrected chi connectivity index (χ0v) is 8.79. The van der Waals surface area contributed by atoms with E-state index in [1.807, 2.05) is 25.3 Å². The highest BCUT2D eigenvalue weighted by molar-refractivity contribution is 7.99. The van der Waals surface area contributed by atoms with E-state index >= 15 is 0 Å². The van der Waals surface area contributed by atoms with Gasteiger partial charge in [0.15, 0.2) is 0 Å². The van der Waals surface area contributed by atoms with Gasteiger partial charge >= 0.3 is 0 Å². The topological polar surface area (TPSA) is 12.9 Å². The monoisotopic (exact) mass is 201 g/mol. The van der Waals surface area contributed by atoms with Gasteiger partial charge in [0.05, 0.1) is 0 Å². The van der Waals surface area contributed by atoms with E-state index in [-0.39, 0.29) is 0 Å². The summed E-state index contributed by atoms with van der Waals surface area (Å²) in [6.45, 7) is 2.01. The van der Waals surface area contributed by atoms with Gasteiger partial charge in [-0.3, -0.25) is 4.98 Å². The van der Waals surface area contributed by atoms with Crippen molar-refractivity contribution in [3.8, 4) is 0 Å². The third-order valence-corrected chi connectivity index (χ3v) is 2.84. The zero-order chi connectivity index (χ0) is 9.80. The number of hydrogen-bond donors (Lipinski definition) is 0. The Morgan fingerprint density at radius 3 is 2.50 bits per heavy atom. The molecule has 70 valence electrons. The highest BCUT2D eigenvalue weighted by Gasteiger charge is 1.96. The van der Waals surface area contributed by atoms with Crippen molar-refractivity contribution in [2.24, 2.45) is 0 Å². The molecule has 2 heteroatoms. The van der Waals surface area contributed by atoms with Crippen LogP contribution in [0.2, 0.25) is 0 Å². The molecule has 0 unspecified atom stereocenters. The molecule has 2 aromatic rings. The summed E-state index contributed by atoms with van der Waals surface area (Å²) < 4.78 is 0. The number of hydrogen-bond acceptors (Lipinski definition) is 2. The fourth-order valence-corrected chi connectivity index (χ4v) is 2.13. The predicted molar refractivity (Wildman–Crippen MR) is 59.5 cm³/mol. The van der Waals surface area contributed by atoms with Crippen LogP contribution in [0, 0.1) is 6.92 Å². The molecule has 0 radical (unpaired) electrons. The summed E-state index contributed by atoms with van der Waals surface area (Å²) in [5.74, 6) is 0. The second-order valence-corrected chi connectivity index (χ2v) is 4.19. The van der Waals surface area contributed by atoms with Crippen LogP contribution in [0.25, 0.3) is 0 Å². The highest BCUT2D eigenvalue weighted by Crippen LogP contribution is 2.26. The largest absolute Gasteiger partial charge is 0.262 e. The molecular formula is C12H11NS. The smallest absolute Gasteiger partial charge is 0.0383 e. The van der Waals surface area contributed by atoms with Gasteiger partial charge < -0.3 is 0 Å². The van der Waals surface area contributed by atoms with Crippen molar-refractivity contribution in [3.05, 3.63) is 54.4 Å². The Morgan fingerprint density at radius 1 is 1.00 bits per heavy atom. The number of rotatable bonds is 2. The first kappa shape index (κ1) is 9.28. The lowest BCUT2D eigenvalue weighted by Gasteiger charge is -2.01. The third kappa shape index (κ3) is 2.36. The standard InChI is InChI=1S/C12H11NS/c1-10-9-12(7-8-13-10)14-11-5-3-2-4-6-11/h2-9H,1H3. The molecule has 0 bridgehead atoms. The van der Waals surface area contributed by atoms with E-state index < -0.39 is 0 Å². The van der Waals surface area contributed by atoms with Crippen LogP contribution >= 0.6 is 11.8 Å². The van der Waals surface area contributed by atoms with Gasteiger partial charge in [-0.05, 0) is 31.2 Å². The Kier molecular flexibility index (Phi) is 2.84. The molecule has 0 amide bonds. The van der Waals surface area contributed by atoms with Crippen LogP contribution in [-0.4, -0.2) is 4.98 Å². The summed E-state index contributed by atoms with van der Waals surface area (Å²) >= 11 is 1.76. The van der Waals surface area contributed by atoms with Crippen LogP contribution in [0.3, 0.4) is 0 Å². The minimum absolute atomic E-state index is 1.06. The number of nitrogens with zero attached hydrogens (tertiary/aromatic N) is 1. The normalized spacial score (nSPS) is 10.1. The van der Waals surface area contributed by atoms with Crippen LogP contribution < -0.4 is 0 Å². The zero-order valence-electron chi connectivity index (χ0n) is 7.97. The second kappa shape index (κ2) is 4.29. The Hall–Kier alpha value is -1.28. The molecule has 0 aliphatic carbocycles. The first-order chi connectivity index (χ1) is 6.84. The van der Waals surface area contributed by atoms with E-state index in [1.165, 1.54) is 9.79 Å². The molecule has 0 atom stereocenters. The summed E-state index contributed by atoms with van der Waals surface area (Å²) in [6.07, 6.45) is 1.85. The molecule has 1 nitrogen and oxygen atoms in total. The molecule has 0 saturated heterocycles. The van der Waals surface area contributed by atoms with Crippen molar-refractivity contribution in [2.75, 3.05) is 0 Å². The maximum absolute atomic E-state index is 4.17. The SMILES string of the molecule is Cc1cc(Sc2ccccc2)ccn1. The molecule has 2 rings (SSSR count). The van der Waals surface area contributed by atoms with Crippen LogP contribution in [0.1, 0.15) is 5.69 Å². The molecule has 0 spiro atoms. The summed E-state index contributed by atoms with van der Waals surface area (Å²) in [4.78, 5) is 6.67. The Bertz CT molecular complexity index is 412. The molecule has 14 heavy (non-hydrogen) atoms. The van der Waals surface area contributed by atoms with Gasteiger partial charge in [0, 0.05) is 21.7 Å². The Morgan fingerprint density at radius 2 is 1.79 bits per heavy atom. The van der Waals surface area contributed by atoms with Gasteiger partial charge in [-0.15, -0.1) is 0 Å². The number of benzene rings is 1. The van der Waals surface area contributed by atoms with Gasteiger partial charge in [-0.1, -0.05) is 30.0 Å². The highest BCUT2D eigenvalue weighted by atomic mass is 32.2. The maximum Gasteiger partial charge on any atom is 0.0383 e. The Labute approximate surface area is 88.2 Å². The minimum atomic E-state index is 1.06. The lowest BCUT2D eigenvalue weighted by atomic mass is 10.4. The van der Waals surface area contributed by atoms with Crippen molar-refractivity contribution in [1.82, 2.24) is 4.98 Å². The molecule has 0 fully saturated rings. The first-order valence-electron chi connectivity index (χ1n) is 4.50. The summed E-state index contributed by atoms with van der Waals surface area (Å²) in [6, 6.07) is 14.5. The van der Waals surface area contributed by atoms with Crippen molar-refractivity contribution >= 4 is 11.8 Å². The van der Waals surface area contributed by atoms with E-state index in [9.17, 15) is 0 Å². The Balaban J connectivity index is 2.19. The van der Waals surface area contributed by atoms with Gasteiger partial charge in [0.25, 0.3) is 0 Å². The maximum atomic E-state index is 4.17. The van der Waals surface area contributed by atoms with E-state index in [2.05, 4.69) is 35.3 Å². The van der Waals surface area contributed by atoms with Crippen molar-refractivity contribution in [3.63, 3.8) is 0 Å². The van der Waals surface area contributed by atoms with E-state index in [4.69, 9.17) is 0 Å². The van der Waals surface area contributed by atoms with Gasteiger partial charge in [-0.25, -0.2) is 0 Å². The van der Waals surface area contributed by atoms with Crippen LogP contribution in [0.15, 0.2) is 58.5 Å². The fraction of sp³-hybridized carbons (Fsp3) is 0.0833. The predicted octanol–water partition coefficient (Wildman–Crippen LogP) is 3.54. The van der Waals surface area contributed by atoms with Crippen LogP contribution in [0.4, 0.5) is 0 Å². The lowest BCUT2D eigenvalue weighted by molar-refractivity contribution is 1.16. The van der Waals surface area contributed by atoms with Crippen molar-refractivity contribution in [2.45, 2.75) is 16.7 Å². The summed E-state index contributed by atoms with van der Waals surface area (Å²) in [5.41, 5.74) is 1.06. The van der Waals surface area contributed by atoms with Gasteiger partial charge in [0.2, 0.25) is 0 Å². The van der Waals surface area contributed by atoms with Gasteiger partial charge in [0.1, 0.15) is 0 Å². The van der Waals surface area contributed by atoms with Crippen LogP contribution in [0.5, 0.6) is 0 Å². The summed E-state index contributed by atoms with van der Waals surface area (Å²) in [5, 5.41) is 0. The number of aromatic nitrogens is 1. The molecule has 1 aromatic heterocycles. The second-order valence-electron chi connectivity index (χ2n) is 3.05. The van der Waals surface area contributed by atoms with Crippen LogP contribution in [-0.2, 0) is 0 Å². The number of aryl methyl sites for hydroxylation is 1. The van der Waals surface area contributed by atoms with E-state index in [0.717, 1.165) is 5.69 Å². The van der Waals surface area contributed by atoms with E-state index in [0.29, 0.717) is 0 Å². The average Bonchev–Trinajstić information content (AvgIpc) is 2.19. The summed E-state index contributed by atoms with van der Waals surface area (Å²) in [7, 11) is 0. The average molecular weight is 201 g/mol. The van der Waals surface area contributed by atoms with Crippen molar-refractivity contribution in [1.29, 1.82) is 0 Å². The molecule has 1 heterocycles. The van der Waals surface area contributed by atoms with E-state index in [1.54, 1.807) is 11.8 Å². The number of pyridine rings is 1. The molecule has 0 N–H and O–H groups in total. The molecular weight excluding hydrogens is 190 g/mol. The molecule has 1 aromatic carbocycles. The quantitative estimate of drug-likeness (QED) is 0.737. The minimum Gasteiger partial charge on any atom is -0.262 e. The first-order valence-corrected chi connectivity index (χ1v) is 5.32. The lowest BCUT2D eigenvalue weighted by Crippen LogP contribution is -1.79. The third-order valence-electron chi connectivity index (χ3n) is 1.85. The molecule has 0 aliphatic heterocycles. The fourth-order valence-electron chi connectivity index (χ4n) is 1.21. The molecule has 0 aliphatic rings. The van der Waals surface area contributed by atoms with Crippen molar-refractivity contribution < 1.29 is 0 Å². The van der Waals surface area contributed by atoms with Gasteiger partial charge in [-0.2, -0.15) is 0 Å². The molecule has 0 saturated carbocycles.